The molecule has 1 aliphatic heterocycles. The van der Waals surface area contributed by atoms with Gasteiger partial charge in [-0.1, -0.05) is 30.3 Å². The molecule has 2 aromatic carbocycles. The second-order valence-corrected chi connectivity index (χ2v) is 7.24. The third-order valence-electron chi connectivity index (χ3n) is 5.46. The van der Waals surface area contributed by atoms with E-state index in [2.05, 4.69) is 9.97 Å². The molecule has 30 heavy (non-hydrogen) atoms. The number of rotatable bonds is 4. The number of carbonyl (C=O) groups excluding carboxylic acids is 1. The van der Waals surface area contributed by atoms with E-state index in [1.807, 2.05) is 65.6 Å². The molecule has 0 saturated carbocycles. The minimum atomic E-state index is -0.361. The van der Waals surface area contributed by atoms with Crippen LogP contribution in [0.15, 0.2) is 71.4 Å². The summed E-state index contributed by atoms with van der Waals surface area (Å²) in [5, 5.41) is 1.01. The van der Waals surface area contributed by atoms with E-state index < -0.39 is 0 Å². The Morgan fingerprint density at radius 2 is 2.07 bits per heavy atom. The van der Waals surface area contributed by atoms with Crippen molar-refractivity contribution in [2.45, 2.75) is 12.5 Å². The molecular formula is C24H21N3O3. The molecule has 0 saturated heterocycles. The van der Waals surface area contributed by atoms with Gasteiger partial charge in [0.1, 0.15) is 23.1 Å². The van der Waals surface area contributed by atoms with Crippen LogP contribution < -0.4 is 4.74 Å². The Bertz CT molecular complexity index is 1190. The van der Waals surface area contributed by atoms with Crippen LogP contribution in [-0.2, 0) is 11.2 Å². The van der Waals surface area contributed by atoms with Crippen molar-refractivity contribution >= 4 is 23.0 Å². The number of aromatic nitrogens is 2. The average molecular weight is 399 g/mol. The summed E-state index contributed by atoms with van der Waals surface area (Å²) in [7, 11) is 1.63. The highest BCUT2D eigenvalue weighted by molar-refractivity contribution is 5.92. The quantitative estimate of drug-likeness (QED) is 0.518. The summed E-state index contributed by atoms with van der Waals surface area (Å²) >= 11 is 0. The van der Waals surface area contributed by atoms with Crippen molar-refractivity contribution in [1.82, 2.24) is 14.9 Å². The van der Waals surface area contributed by atoms with Gasteiger partial charge < -0.3 is 19.0 Å². The molecule has 0 unspecified atom stereocenters. The lowest BCUT2D eigenvalue weighted by Crippen LogP contribution is -2.39. The van der Waals surface area contributed by atoms with Gasteiger partial charge in [0.2, 0.25) is 5.91 Å². The molecule has 1 amide bonds. The minimum absolute atomic E-state index is 0.0788. The number of nitrogens with one attached hydrogen (secondary N) is 1. The van der Waals surface area contributed by atoms with Crippen LogP contribution in [0.2, 0.25) is 0 Å². The molecule has 6 heteroatoms. The SMILES string of the molecule is COc1ccc(/C=C/C(=O)N2CCc3[nH]cnc3[C@H]2c2cc3ccccc3o2)cc1. The van der Waals surface area contributed by atoms with Gasteiger partial charge >= 0.3 is 0 Å². The number of aromatic amines is 1. The highest BCUT2D eigenvalue weighted by Gasteiger charge is 2.35. The van der Waals surface area contributed by atoms with E-state index in [0.717, 1.165) is 45.9 Å². The van der Waals surface area contributed by atoms with Gasteiger partial charge in [-0.2, -0.15) is 0 Å². The van der Waals surface area contributed by atoms with Crippen LogP contribution in [-0.4, -0.2) is 34.4 Å². The first-order valence-electron chi connectivity index (χ1n) is 9.86. The Morgan fingerprint density at radius 1 is 1.23 bits per heavy atom. The van der Waals surface area contributed by atoms with Crippen LogP contribution in [0.25, 0.3) is 17.0 Å². The second kappa shape index (κ2) is 7.55. The van der Waals surface area contributed by atoms with Crippen LogP contribution in [0.5, 0.6) is 5.75 Å². The number of hydrogen-bond donors (Lipinski definition) is 1. The molecule has 3 heterocycles. The molecule has 1 aliphatic rings. The molecule has 5 rings (SSSR count). The maximum absolute atomic E-state index is 13.2. The van der Waals surface area contributed by atoms with Crippen LogP contribution >= 0.6 is 0 Å². The summed E-state index contributed by atoms with van der Waals surface area (Å²) in [6.07, 6.45) is 5.84. The number of H-pyrrole nitrogens is 1. The molecule has 4 aromatic rings. The fraction of sp³-hybridized carbons (Fsp3) is 0.167. The molecule has 0 fully saturated rings. The molecule has 1 N–H and O–H groups in total. The lowest BCUT2D eigenvalue weighted by atomic mass is 10.00. The van der Waals surface area contributed by atoms with E-state index in [0.29, 0.717) is 6.54 Å². The Hall–Kier alpha value is -3.80. The summed E-state index contributed by atoms with van der Waals surface area (Å²) in [6.45, 7) is 0.586. The van der Waals surface area contributed by atoms with Gasteiger partial charge in [-0.3, -0.25) is 4.79 Å². The zero-order chi connectivity index (χ0) is 20.5. The number of methoxy groups -OCH3 is 1. The van der Waals surface area contributed by atoms with E-state index in [9.17, 15) is 4.79 Å². The van der Waals surface area contributed by atoms with Gasteiger partial charge in [-0.15, -0.1) is 0 Å². The topological polar surface area (TPSA) is 71.4 Å². The van der Waals surface area contributed by atoms with E-state index >= 15 is 0 Å². The van der Waals surface area contributed by atoms with E-state index in [4.69, 9.17) is 9.15 Å². The predicted molar refractivity (Wildman–Crippen MR) is 114 cm³/mol. The van der Waals surface area contributed by atoms with Gasteiger partial charge in [0.15, 0.2) is 0 Å². The summed E-state index contributed by atoms with van der Waals surface area (Å²) in [6, 6.07) is 17.1. The lowest BCUT2D eigenvalue weighted by molar-refractivity contribution is -0.128. The Morgan fingerprint density at radius 3 is 2.87 bits per heavy atom. The fourth-order valence-electron chi connectivity index (χ4n) is 3.92. The normalized spacial score (nSPS) is 16.2. The Balaban J connectivity index is 1.47. The first-order chi connectivity index (χ1) is 14.7. The first kappa shape index (κ1) is 18.2. The third kappa shape index (κ3) is 3.26. The Labute approximate surface area is 173 Å². The molecule has 0 radical (unpaired) electrons. The molecule has 1 atom stereocenters. The monoisotopic (exact) mass is 399 g/mol. The second-order valence-electron chi connectivity index (χ2n) is 7.24. The number of benzene rings is 2. The first-order valence-corrected chi connectivity index (χ1v) is 9.86. The van der Waals surface area contributed by atoms with E-state index in [1.165, 1.54) is 0 Å². The highest BCUT2D eigenvalue weighted by Crippen LogP contribution is 2.36. The van der Waals surface area contributed by atoms with E-state index in [1.54, 1.807) is 19.5 Å². The summed E-state index contributed by atoms with van der Waals surface area (Å²) in [4.78, 5) is 22.7. The van der Waals surface area contributed by atoms with Crippen LogP contribution in [0.1, 0.15) is 28.8 Å². The number of amides is 1. The molecular weight excluding hydrogens is 378 g/mol. The maximum Gasteiger partial charge on any atom is 0.247 e. The molecule has 6 nitrogen and oxygen atoms in total. The Kier molecular flexibility index (Phi) is 4.59. The van der Waals surface area contributed by atoms with Crippen LogP contribution in [0.3, 0.4) is 0 Å². The van der Waals surface area contributed by atoms with Crippen LogP contribution in [0, 0.1) is 0 Å². The van der Waals surface area contributed by atoms with Crippen molar-refractivity contribution in [2.24, 2.45) is 0 Å². The fourth-order valence-corrected chi connectivity index (χ4v) is 3.92. The zero-order valence-corrected chi connectivity index (χ0v) is 16.5. The van der Waals surface area contributed by atoms with Crippen molar-refractivity contribution in [2.75, 3.05) is 13.7 Å². The van der Waals surface area contributed by atoms with Crippen molar-refractivity contribution in [3.63, 3.8) is 0 Å². The van der Waals surface area contributed by atoms with Crippen molar-refractivity contribution in [1.29, 1.82) is 0 Å². The molecule has 150 valence electrons. The van der Waals surface area contributed by atoms with Crippen molar-refractivity contribution < 1.29 is 13.9 Å². The average Bonchev–Trinajstić information content (AvgIpc) is 3.43. The maximum atomic E-state index is 13.2. The molecule has 0 bridgehead atoms. The smallest absolute Gasteiger partial charge is 0.247 e. The number of hydrogen-bond acceptors (Lipinski definition) is 4. The minimum Gasteiger partial charge on any atom is -0.497 e. The van der Waals surface area contributed by atoms with Gasteiger partial charge in [0.25, 0.3) is 0 Å². The standard InChI is InChI=1S/C24H21N3O3/c1-29-18-9-6-16(7-10-18)8-11-22(28)27-13-12-19-23(26-15-25-19)24(27)21-14-17-4-2-3-5-20(17)30-21/h2-11,14-15,24H,12-13H2,1H3,(H,25,26)/b11-8+/t24-/m1/s1. The van der Waals surface area contributed by atoms with Crippen molar-refractivity contribution in [3.05, 3.63) is 89.7 Å². The number of nitrogens with zero attached hydrogens (tertiary/aromatic N) is 2. The van der Waals surface area contributed by atoms with Gasteiger partial charge in [-0.05, 0) is 35.9 Å². The summed E-state index contributed by atoms with van der Waals surface area (Å²) < 4.78 is 11.3. The number of fused-ring (bicyclic) bond motifs is 2. The van der Waals surface area contributed by atoms with E-state index in [-0.39, 0.29) is 11.9 Å². The number of furan rings is 1. The predicted octanol–water partition coefficient (Wildman–Crippen LogP) is 4.35. The van der Waals surface area contributed by atoms with Gasteiger partial charge in [-0.25, -0.2) is 4.98 Å². The molecule has 0 aliphatic carbocycles. The number of carbonyl (C=O) groups is 1. The molecule has 0 spiro atoms. The number of imidazole rings is 1. The van der Waals surface area contributed by atoms with Gasteiger partial charge in [0.05, 0.1) is 19.1 Å². The largest absolute Gasteiger partial charge is 0.497 e. The summed E-state index contributed by atoms with van der Waals surface area (Å²) in [5.74, 6) is 1.42. The number of ether oxygens (including phenoxy) is 1. The van der Waals surface area contributed by atoms with Crippen LogP contribution in [0.4, 0.5) is 0 Å². The number of para-hydroxylation sites is 1. The lowest BCUT2D eigenvalue weighted by Gasteiger charge is -2.33. The third-order valence-corrected chi connectivity index (χ3v) is 5.46. The van der Waals surface area contributed by atoms with Crippen molar-refractivity contribution in [3.8, 4) is 5.75 Å². The molecule has 2 aromatic heterocycles. The highest BCUT2D eigenvalue weighted by atomic mass is 16.5. The summed E-state index contributed by atoms with van der Waals surface area (Å²) in [5.41, 5.74) is 3.62. The zero-order valence-electron chi connectivity index (χ0n) is 16.5. The van der Waals surface area contributed by atoms with Gasteiger partial charge in [0, 0.05) is 30.1 Å².